The van der Waals surface area contributed by atoms with Gasteiger partial charge >= 0.3 is 11.5 Å². The Morgan fingerprint density at radius 1 is 0.906 bits per heavy atom. The molecule has 292 valence electrons. The van der Waals surface area contributed by atoms with Crippen LogP contribution in [0.15, 0.2) is 84.1 Å². The number of carbonyl (C=O) groups excluding carboxylic acids is 1. The number of alkyl halides is 3. The molecule has 0 bridgehead atoms. The Hall–Kier alpha value is -4.42. The number of azo groups is 2. The number of imidazole rings is 2. The topological polar surface area (TPSA) is 248 Å². The van der Waals surface area contributed by atoms with Crippen LogP contribution in [-0.4, -0.2) is 91.1 Å². The van der Waals surface area contributed by atoms with Gasteiger partial charge in [-0.05, 0) is 62.9 Å². The average Bonchev–Trinajstić information content (AvgIpc) is 3.75. The molecule has 2 aromatic heterocycles. The van der Waals surface area contributed by atoms with Crippen molar-refractivity contribution in [1.82, 2.24) is 19.9 Å². The summed E-state index contributed by atoms with van der Waals surface area (Å²) in [6, 6.07) is 6.19. The van der Waals surface area contributed by atoms with Crippen molar-refractivity contribution in [3.63, 3.8) is 0 Å². The van der Waals surface area contributed by atoms with Crippen LogP contribution < -0.4 is 9.80 Å². The quantitative estimate of drug-likeness (QED) is 0.0354. The number of nitrogens with zero attached hydrogens (tertiary/aromatic N) is 8. The first-order valence-corrected chi connectivity index (χ1v) is 18.5. The van der Waals surface area contributed by atoms with Crippen LogP contribution in [0.2, 0.25) is 0 Å². The van der Waals surface area contributed by atoms with Gasteiger partial charge in [-0.2, -0.15) is 30.0 Å². The van der Waals surface area contributed by atoms with Crippen molar-refractivity contribution in [3.8, 4) is 0 Å². The number of esters is 1. The number of carbonyl (C=O) groups is 1. The maximum Gasteiger partial charge on any atom is 0.446 e. The maximum absolute atomic E-state index is 13.0. The van der Waals surface area contributed by atoms with Gasteiger partial charge in [-0.25, -0.2) is 14.8 Å². The molecule has 18 nitrogen and oxygen atoms in total. The fourth-order valence-electron chi connectivity index (χ4n) is 4.10. The van der Waals surface area contributed by atoms with Crippen molar-refractivity contribution in [1.29, 1.82) is 0 Å². The number of nitrogens with one attached hydrogen (secondary N) is 2. The van der Waals surface area contributed by atoms with Gasteiger partial charge < -0.3 is 24.5 Å². The molecule has 4 aromatic rings. The second-order valence-corrected chi connectivity index (χ2v) is 14.0. The second-order valence-electron chi connectivity index (χ2n) is 10.2. The molecule has 0 aliphatic heterocycles. The molecule has 4 N–H and O–H groups in total. The molecule has 0 spiro atoms. The minimum absolute atomic E-state index is 0. The van der Waals surface area contributed by atoms with Gasteiger partial charge in [0.05, 0.1) is 18.5 Å². The van der Waals surface area contributed by atoms with Crippen LogP contribution in [0.3, 0.4) is 0 Å². The molecule has 2 heterocycles. The number of aromatic amines is 2. The van der Waals surface area contributed by atoms with Crippen molar-refractivity contribution in [3.05, 3.63) is 54.6 Å². The summed E-state index contributed by atoms with van der Waals surface area (Å²) in [7, 11) is -5.80. The molecular weight excluding hydrogens is 816 g/mol. The zero-order chi connectivity index (χ0) is 38.9. The Bertz CT molecular complexity index is 2130. The van der Waals surface area contributed by atoms with E-state index in [4.69, 9.17) is 4.74 Å². The molecule has 0 saturated carbocycles. The molecule has 25 heteroatoms. The van der Waals surface area contributed by atoms with Crippen molar-refractivity contribution in [2.75, 3.05) is 43.6 Å². The normalized spacial score (nSPS) is 12.0. The third-order valence-electron chi connectivity index (χ3n) is 6.43. The summed E-state index contributed by atoms with van der Waals surface area (Å²) in [4.78, 5) is 26.2. The van der Waals surface area contributed by atoms with Crippen molar-refractivity contribution >= 4 is 72.6 Å². The summed E-state index contributed by atoms with van der Waals surface area (Å²) < 4.78 is 109. The van der Waals surface area contributed by atoms with Gasteiger partial charge in [-0.3, -0.25) is 9.11 Å². The number of thioether (sulfide) groups is 1. The standard InChI is InChI=1S/C14H16F3N5O3S2.C14H17N5O5S.Ni/c1-3-22(4-2)10-8-12(27(23,24)25)9(7-11(10)26-14(15,16)17)20-21-13-18-5-6-19-13;1-4-24-13(20)11-8-15-14(16-11)18-17-10-6-5-9(19(2)3)7-12(10)25(21,22)23;/h5-8H,3-4H2,1-2H3,(H,18,19)(H,23,24,25);5-8H,4H2,1-3H3,(H,15,16)(H,21,22,23);. The average molecular weight is 850 g/mol. The molecule has 2 aromatic carbocycles. The summed E-state index contributed by atoms with van der Waals surface area (Å²) in [5, 5.41) is 14.8. The summed E-state index contributed by atoms with van der Waals surface area (Å²) >= 11 is -0.400. The van der Waals surface area contributed by atoms with Gasteiger partial charge in [0.2, 0.25) is 11.9 Å². The monoisotopic (exact) mass is 848 g/mol. The van der Waals surface area contributed by atoms with E-state index in [1.807, 2.05) is 0 Å². The Kier molecular flexibility index (Phi) is 16.1. The van der Waals surface area contributed by atoms with Crippen molar-refractivity contribution < 1.29 is 65.1 Å². The number of ether oxygens (including phenoxy) is 1. The second kappa shape index (κ2) is 19.1. The number of H-pyrrole nitrogens is 2. The van der Waals surface area contributed by atoms with Gasteiger partial charge in [0, 0.05) is 66.7 Å². The number of benzene rings is 2. The van der Waals surface area contributed by atoms with E-state index in [2.05, 4.69) is 40.4 Å². The molecular formula is C28H33F3N10NiO8S3. The molecule has 0 radical (unpaired) electrons. The molecule has 0 aliphatic rings. The Morgan fingerprint density at radius 2 is 1.51 bits per heavy atom. The molecule has 0 amide bonds. The zero-order valence-corrected chi connectivity index (χ0v) is 31.8. The molecule has 0 unspecified atom stereocenters. The molecule has 0 saturated heterocycles. The first-order chi connectivity index (χ1) is 24.3. The van der Waals surface area contributed by atoms with Crippen LogP contribution in [0, 0.1) is 0 Å². The minimum Gasteiger partial charge on any atom is -0.461 e. The largest absolute Gasteiger partial charge is 0.461 e. The minimum atomic E-state index is -4.76. The Labute approximate surface area is 316 Å². The molecule has 4 rings (SSSR count). The molecule has 0 aliphatic carbocycles. The Morgan fingerprint density at radius 3 is 2.04 bits per heavy atom. The maximum atomic E-state index is 13.0. The van der Waals surface area contributed by atoms with E-state index in [0.717, 1.165) is 12.1 Å². The molecule has 0 atom stereocenters. The first kappa shape index (κ1) is 44.7. The predicted octanol–water partition coefficient (Wildman–Crippen LogP) is 6.84. The van der Waals surface area contributed by atoms with E-state index in [-0.39, 0.29) is 61.9 Å². The first-order valence-electron chi connectivity index (χ1n) is 14.8. The van der Waals surface area contributed by atoms with Crippen LogP contribution in [0.25, 0.3) is 0 Å². The van der Waals surface area contributed by atoms with Crippen LogP contribution in [0.5, 0.6) is 0 Å². The van der Waals surface area contributed by atoms with Crippen LogP contribution >= 0.6 is 11.8 Å². The fourth-order valence-corrected chi connectivity index (χ4v) is 6.08. The number of aromatic nitrogens is 4. The summed E-state index contributed by atoms with van der Waals surface area (Å²) in [6.45, 7) is 5.97. The number of hydrogen-bond donors (Lipinski definition) is 4. The van der Waals surface area contributed by atoms with Crippen molar-refractivity contribution in [2.45, 2.75) is 41.0 Å². The van der Waals surface area contributed by atoms with E-state index in [1.54, 1.807) is 45.8 Å². The van der Waals surface area contributed by atoms with Crippen molar-refractivity contribution in [2.24, 2.45) is 20.5 Å². The van der Waals surface area contributed by atoms with Gasteiger partial charge in [-0.15, -0.1) is 20.5 Å². The van der Waals surface area contributed by atoms with Crippen LogP contribution in [0.4, 0.5) is 47.8 Å². The van der Waals surface area contributed by atoms with E-state index in [1.165, 1.54) is 35.6 Å². The van der Waals surface area contributed by atoms with E-state index in [0.29, 0.717) is 18.8 Å². The Balaban J connectivity index is 0.000000361. The van der Waals surface area contributed by atoms with Gasteiger partial charge in [-0.1, -0.05) is 0 Å². The predicted molar refractivity (Wildman–Crippen MR) is 184 cm³/mol. The van der Waals surface area contributed by atoms with E-state index < -0.39 is 54.1 Å². The van der Waals surface area contributed by atoms with E-state index >= 15 is 0 Å². The zero-order valence-electron chi connectivity index (χ0n) is 28.3. The number of hydrogen-bond acceptors (Lipinski definition) is 15. The van der Waals surface area contributed by atoms with Gasteiger partial charge in [0.15, 0.2) is 0 Å². The fraction of sp³-hybridized carbons (Fsp3) is 0.321. The van der Waals surface area contributed by atoms with Gasteiger partial charge in [0.1, 0.15) is 26.9 Å². The van der Waals surface area contributed by atoms with Crippen LogP contribution in [0.1, 0.15) is 31.3 Å². The number of rotatable bonds is 13. The number of anilines is 2. The van der Waals surface area contributed by atoms with E-state index in [9.17, 15) is 43.9 Å². The third-order valence-corrected chi connectivity index (χ3v) is 8.98. The molecule has 53 heavy (non-hydrogen) atoms. The summed E-state index contributed by atoms with van der Waals surface area (Å²) in [6.07, 6.45) is 4.03. The summed E-state index contributed by atoms with van der Waals surface area (Å²) in [5.74, 6) is -0.583. The smallest absolute Gasteiger partial charge is 0.446 e. The summed E-state index contributed by atoms with van der Waals surface area (Å²) in [5.41, 5.74) is -4.43. The van der Waals surface area contributed by atoms with Crippen LogP contribution in [-0.2, 0) is 41.5 Å². The van der Waals surface area contributed by atoms with Gasteiger partial charge in [0.25, 0.3) is 20.2 Å². The third kappa shape index (κ3) is 13.2. The molecule has 0 fully saturated rings. The SMILES string of the molecule is CCN(CC)c1cc(S(=O)(=O)O)c(N=Nc2ncc[nH]2)cc1SC(F)(F)F.CCOC(=O)c1cnc(N=Nc2ccc(N(C)C)cc2S(=O)(=O)O)[nH]1.[Ni]. The number of halogens is 3.